The molecule has 0 unspecified atom stereocenters. The molecule has 0 saturated carbocycles. The maximum absolute atomic E-state index is 14.2. The molecule has 2 heterocycles. The fraction of sp³-hybridized carbons (Fsp3) is 0.185. The number of halogens is 25. The first-order valence-electron chi connectivity index (χ1n) is 22.9. The largest absolute Gasteiger partial charge is 0.416 e. The van der Waals surface area contributed by atoms with Gasteiger partial charge in [0.05, 0.1) is 44.5 Å². The maximum atomic E-state index is 14.2. The highest BCUT2D eigenvalue weighted by Gasteiger charge is 2.47. The summed E-state index contributed by atoms with van der Waals surface area (Å²) in [4.78, 5) is 2.95. The number of alkyl halides is 24. The summed E-state index contributed by atoms with van der Waals surface area (Å²) in [5.41, 5.74) is -27.4. The summed E-state index contributed by atoms with van der Waals surface area (Å²) in [6.07, 6.45) is -52.7. The zero-order chi connectivity index (χ0) is 60.8. The topological polar surface area (TPSA) is 0 Å². The number of benzene rings is 6. The van der Waals surface area contributed by atoms with E-state index in [-0.39, 0.29) is 21.2 Å². The van der Waals surface area contributed by atoms with Gasteiger partial charge in [-0.15, -0.1) is 0 Å². The Balaban J connectivity index is 0.000000318. The van der Waals surface area contributed by atoms with Crippen LogP contribution >= 0.6 is 22.7 Å². The average molecular weight is 1340 g/mol. The molecule has 6 aromatic carbocycles. The molecule has 0 aliphatic rings. The minimum Gasteiger partial charge on any atom is -0.194 e. The fourth-order valence-corrected chi connectivity index (χ4v) is 15.4. The lowest BCUT2D eigenvalue weighted by molar-refractivity contribution is -0.585. The van der Waals surface area contributed by atoms with Gasteiger partial charge in [0.2, 0.25) is 5.77 Å². The molecule has 0 atom stereocenters. The molecule has 0 fully saturated rings. The summed E-state index contributed by atoms with van der Waals surface area (Å²) in [5, 5.41) is 0. The molecule has 0 bridgehead atoms. The standard InChI is InChI=1S/C32H12BF24.C22H18IS2/c34-25(35,36)13-1-14(26(37,38)39)6-21(5-13)33(22-7-15(27(40,41)42)2-16(8-22)28(43,44)45,23-9-17(29(46,47)48)3-18(10-23)30(49,50)51)24-11-19(31(52,53)54)4-20(12-24)32(55,56)57;1-3-7-17(8-4-1)15-19-11-13-21(24-19)23-22-14-12-20(25-22)16-18-9-5-2-6-10-18/h1-12H;1-14H,15-16H2/q-1;+1. The van der Waals surface area contributed by atoms with Crippen LogP contribution in [0, 0.1) is 5.77 Å². The van der Waals surface area contributed by atoms with E-state index in [9.17, 15) is 105 Å². The summed E-state index contributed by atoms with van der Waals surface area (Å²) in [5.74, 6) is 0. The first-order chi connectivity index (χ1) is 37.6. The number of rotatable bonds is 10. The second-order valence-corrected chi connectivity index (χ2v) is 24.7. The van der Waals surface area contributed by atoms with Crippen LogP contribution in [0.1, 0.15) is 65.4 Å². The molecule has 28 heteroatoms. The second kappa shape index (κ2) is 23.1. The van der Waals surface area contributed by atoms with Crippen LogP contribution in [-0.4, -0.2) is 6.15 Å². The Morgan fingerprint density at radius 2 is 0.476 bits per heavy atom. The Bertz CT molecular complexity index is 2990. The van der Waals surface area contributed by atoms with E-state index in [0.717, 1.165) is 12.8 Å². The van der Waals surface area contributed by atoms with Gasteiger partial charge >= 0.3 is 70.6 Å². The van der Waals surface area contributed by atoms with Gasteiger partial charge in [-0.3, -0.25) is 0 Å². The molecule has 82 heavy (non-hydrogen) atoms. The summed E-state index contributed by atoms with van der Waals surface area (Å²) in [6, 6.07) is 22.0. The predicted molar refractivity (Wildman–Crippen MR) is 255 cm³/mol. The van der Waals surface area contributed by atoms with Crippen molar-refractivity contribution in [2.75, 3.05) is 0 Å². The zero-order valence-corrected chi connectivity index (χ0v) is 44.1. The van der Waals surface area contributed by atoms with Gasteiger partial charge in [-0.25, -0.2) is 0 Å². The first-order valence-corrected chi connectivity index (χ1v) is 26.7. The third-order valence-electron chi connectivity index (χ3n) is 12.3. The van der Waals surface area contributed by atoms with Gasteiger partial charge in [0, 0.05) is 34.7 Å². The maximum Gasteiger partial charge on any atom is 0.416 e. The van der Waals surface area contributed by atoms with Gasteiger partial charge in [0.25, 0.3) is 0 Å². The summed E-state index contributed by atoms with van der Waals surface area (Å²) < 4.78 is 344. The smallest absolute Gasteiger partial charge is 0.194 e. The van der Waals surface area contributed by atoms with Gasteiger partial charge in [0.15, 0.2) is 0 Å². The quantitative estimate of drug-likeness (QED) is 0.0727. The SMILES string of the molecule is FC(F)(F)c1cc([B-](c2cc(C(F)(F)F)cc(C(F)(F)F)c2)(c2cc(C(F)(F)F)cc(C(F)(F)F)c2)c2cc(C(F)(F)F)cc(C(F)(F)F)c2)cc(C(F)(F)F)c1.c1ccc(Cc2ccc([I+]c3ccc(Cc4ccccc4)s3)s2)cc1. The fourth-order valence-electron chi connectivity index (χ4n) is 8.75. The van der Waals surface area contributed by atoms with Crippen molar-refractivity contribution >= 4 is 50.7 Å². The lowest BCUT2D eigenvalue weighted by Gasteiger charge is -2.46. The Morgan fingerprint density at radius 3 is 0.671 bits per heavy atom. The molecule has 0 nitrogen and oxygen atoms in total. The van der Waals surface area contributed by atoms with Crippen molar-refractivity contribution in [3.05, 3.63) is 229 Å². The Morgan fingerprint density at radius 1 is 0.268 bits per heavy atom. The molecule has 0 amide bonds. The number of hydrogen-bond acceptors (Lipinski definition) is 2. The van der Waals surface area contributed by atoms with E-state index in [4.69, 9.17) is 0 Å². The van der Waals surface area contributed by atoms with Gasteiger partial charge in [-0.2, -0.15) is 127 Å². The molecule has 0 saturated heterocycles. The van der Waals surface area contributed by atoms with Crippen molar-refractivity contribution in [3.8, 4) is 0 Å². The highest BCUT2D eigenvalue weighted by Crippen LogP contribution is 2.41. The van der Waals surface area contributed by atoms with Gasteiger partial charge in [0.1, 0.15) is 6.15 Å². The Labute approximate surface area is 466 Å². The van der Waals surface area contributed by atoms with E-state index in [1.54, 1.807) is 5.77 Å². The van der Waals surface area contributed by atoms with Crippen molar-refractivity contribution in [2.45, 2.75) is 62.3 Å². The molecule has 0 aliphatic heterocycles. The van der Waals surface area contributed by atoms with Crippen LogP contribution in [0.3, 0.4) is 0 Å². The summed E-state index contributed by atoms with van der Waals surface area (Å²) >= 11 is 3.94. The second-order valence-electron chi connectivity index (χ2n) is 18.1. The molecule has 8 aromatic rings. The Hall–Kier alpha value is -6.17. The van der Waals surface area contributed by atoms with Gasteiger partial charge in [-0.1, -0.05) is 132 Å². The summed E-state index contributed by atoms with van der Waals surface area (Å²) in [6.45, 7) is 0. The predicted octanol–water partition coefficient (Wildman–Crippen LogP) is 14.3. The minimum absolute atomic E-state index is 0.0450. The highest BCUT2D eigenvalue weighted by molar-refractivity contribution is 7.20. The lowest BCUT2D eigenvalue weighted by Crippen LogP contribution is -3.61. The van der Waals surface area contributed by atoms with Crippen LogP contribution in [0.5, 0.6) is 0 Å². The molecule has 2 aromatic heterocycles. The molecular formula is C54H30BF24IS2. The van der Waals surface area contributed by atoms with Crippen LogP contribution in [0.2, 0.25) is 0 Å². The van der Waals surface area contributed by atoms with E-state index in [2.05, 4.69) is 84.9 Å². The van der Waals surface area contributed by atoms with Crippen LogP contribution < -0.4 is 43.1 Å². The van der Waals surface area contributed by atoms with E-state index in [0.29, 0.717) is 0 Å². The van der Waals surface area contributed by atoms with Crippen molar-refractivity contribution in [2.24, 2.45) is 0 Å². The van der Waals surface area contributed by atoms with E-state index in [1.165, 1.54) is 20.9 Å². The Kier molecular flexibility index (Phi) is 17.9. The number of hydrogen-bond donors (Lipinski definition) is 0. The molecule has 0 radical (unpaired) electrons. The lowest BCUT2D eigenvalue weighted by atomic mass is 9.12. The number of thiophene rings is 2. The van der Waals surface area contributed by atoms with Crippen LogP contribution in [0.15, 0.2) is 158 Å². The van der Waals surface area contributed by atoms with Gasteiger partial charge < -0.3 is 0 Å². The van der Waals surface area contributed by atoms with E-state index >= 15 is 0 Å². The molecule has 0 N–H and O–H groups in total. The van der Waals surface area contributed by atoms with Crippen molar-refractivity contribution < 1.29 is 127 Å². The minimum atomic E-state index is -6.13. The van der Waals surface area contributed by atoms with Crippen molar-refractivity contribution in [3.63, 3.8) is 0 Å². The van der Waals surface area contributed by atoms with Crippen molar-refractivity contribution in [1.29, 1.82) is 0 Å². The van der Waals surface area contributed by atoms with E-state index in [1.807, 2.05) is 22.7 Å². The molecular weight excluding hydrogens is 1310 g/mol. The molecule has 0 spiro atoms. The van der Waals surface area contributed by atoms with Crippen LogP contribution in [0.4, 0.5) is 105 Å². The van der Waals surface area contributed by atoms with Crippen LogP contribution in [0.25, 0.3) is 0 Å². The molecule has 8 rings (SSSR count). The molecule has 0 aliphatic carbocycles. The monoisotopic (exact) mass is 1340 g/mol. The van der Waals surface area contributed by atoms with Crippen LogP contribution in [-0.2, 0) is 62.3 Å². The zero-order valence-electron chi connectivity index (χ0n) is 40.3. The molecule has 436 valence electrons. The highest BCUT2D eigenvalue weighted by atomic mass is 127. The van der Waals surface area contributed by atoms with Gasteiger partial charge in [-0.05, 0) is 47.5 Å². The van der Waals surface area contributed by atoms with E-state index < -0.39 is 195 Å². The first kappa shape index (κ1) is 63.4. The van der Waals surface area contributed by atoms with Crippen molar-refractivity contribution in [1.82, 2.24) is 0 Å². The third-order valence-corrected chi connectivity index (χ3v) is 18.2. The average Bonchev–Trinajstić information content (AvgIpc) is 4.01. The third kappa shape index (κ3) is 15.3. The normalized spacial score (nSPS) is 13.3. The summed E-state index contributed by atoms with van der Waals surface area (Å²) in [7, 11) is 0.